The largest absolute Gasteiger partial charge is 0.493 e. The summed E-state index contributed by atoms with van der Waals surface area (Å²) < 4.78 is 11.2. The summed E-state index contributed by atoms with van der Waals surface area (Å²) in [7, 11) is 3.16. The second-order valence-electron chi connectivity index (χ2n) is 8.75. The summed E-state index contributed by atoms with van der Waals surface area (Å²) in [6.45, 7) is 0.538. The quantitative estimate of drug-likeness (QED) is 0.163. The molecule has 0 unspecified atom stereocenters. The zero-order chi connectivity index (χ0) is 26.9. The van der Waals surface area contributed by atoms with Crippen LogP contribution in [0.2, 0.25) is 0 Å². The van der Waals surface area contributed by atoms with Crippen LogP contribution in [0.3, 0.4) is 0 Å². The van der Waals surface area contributed by atoms with Gasteiger partial charge in [0.1, 0.15) is 4.32 Å². The van der Waals surface area contributed by atoms with Crippen LogP contribution in [0.25, 0.3) is 17.2 Å². The number of benzene rings is 3. The summed E-state index contributed by atoms with van der Waals surface area (Å²) >= 11 is 6.75. The van der Waals surface area contributed by atoms with Gasteiger partial charge in [0.15, 0.2) is 11.5 Å². The fourth-order valence-corrected chi connectivity index (χ4v) is 5.43. The molecule has 0 spiro atoms. The molecule has 1 saturated heterocycles. The van der Waals surface area contributed by atoms with Crippen LogP contribution in [0.15, 0.2) is 77.7 Å². The maximum absolute atomic E-state index is 12.9. The smallest absolute Gasteiger partial charge is 0.266 e. The van der Waals surface area contributed by atoms with Gasteiger partial charge in [0.25, 0.3) is 5.91 Å². The van der Waals surface area contributed by atoms with Crippen molar-refractivity contribution in [2.75, 3.05) is 26.1 Å². The Morgan fingerprint density at radius 2 is 1.63 bits per heavy atom. The van der Waals surface area contributed by atoms with Crippen molar-refractivity contribution >= 4 is 51.9 Å². The third kappa shape index (κ3) is 7.02. The lowest BCUT2D eigenvalue weighted by Gasteiger charge is -2.14. The normalized spacial score (nSPS) is 14.2. The Morgan fingerprint density at radius 1 is 0.921 bits per heavy atom. The van der Waals surface area contributed by atoms with Crippen molar-refractivity contribution < 1.29 is 19.1 Å². The number of carbonyl (C=O) groups excluding carboxylic acids is 2. The van der Waals surface area contributed by atoms with E-state index in [0.29, 0.717) is 33.7 Å². The molecule has 0 radical (unpaired) electrons. The van der Waals surface area contributed by atoms with Crippen LogP contribution in [0.4, 0.5) is 5.69 Å². The highest BCUT2D eigenvalue weighted by Crippen LogP contribution is 2.35. The first-order valence-electron chi connectivity index (χ1n) is 12.4. The highest BCUT2D eigenvalue weighted by Gasteiger charge is 2.31. The summed E-state index contributed by atoms with van der Waals surface area (Å²) in [5.74, 6) is 1.13. The van der Waals surface area contributed by atoms with E-state index in [4.69, 9.17) is 21.7 Å². The first kappa shape index (κ1) is 27.4. The molecule has 1 fully saturated rings. The predicted molar refractivity (Wildman–Crippen MR) is 158 cm³/mol. The fraction of sp³-hybridized carbons (Fsp3) is 0.233. The van der Waals surface area contributed by atoms with E-state index in [1.807, 2.05) is 60.7 Å². The van der Waals surface area contributed by atoms with Gasteiger partial charge in [0.2, 0.25) is 5.91 Å². The summed E-state index contributed by atoms with van der Waals surface area (Å²) in [6.07, 6.45) is 4.58. The molecule has 6 nitrogen and oxygen atoms in total. The summed E-state index contributed by atoms with van der Waals surface area (Å²) in [5.41, 5.74) is 3.87. The number of thiocarbonyl (C=S) groups is 1. The van der Waals surface area contributed by atoms with Crippen molar-refractivity contribution in [1.82, 2.24) is 4.90 Å². The third-order valence-electron chi connectivity index (χ3n) is 6.14. The highest BCUT2D eigenvalue weighted by atomic mass is 32.2. The lowest BCUT2D eigenvalue weighted by atomic mass is 10.1. The van der Waals surface area contributed by atoms with Gasteiger partial charge in [-0.2, -0.15) is 0 Å². The zero-order valence-corrected chi connectivity index (χ0v) is 23.1. The number of methoxy groups -OCH3 is 2. The van der Waals surface area contributed by atoms with Crippen molar-refractivity contribution in [2.24, 2.45) is 0 Å². The van der Waals surface area contributed by atoms with Crippen molar-refractivity contribution in [3.63, 3.8) is 0 Å². The van der Waals surface area contributed by atoms with Crippen LogP contribution in [0, 0.1) is 0 Å². The van der Waals surface area contributed by atoms with E-state index in [0.717, 1.165) is 41.6 Å². The van der Waals surface area contributed by atoms with Gasteiger partial charge < -0.3 is 14.8 Å². The molecule has 3 aromatic rings. The number of anilines is 1. The molecular formula is C30H30N2O4S2. The molecule has 0 bridgehead atoms. The van der Waals surface area contributed by atoms with Gasteiger partial charge in [-0.3, -0.25) is 14.5 Å². The molecule has 0 atom stereocenters. The second-order valence-corrected chi connectivity index (χ2v) is 10.4. The number of nitrogens with zero attached hydrogens (tertiary/aromatic N) is 1. The topological polar surface area (TPSA) is 67.9 Å². The lowest BCUT2D eigenvalue weighted by Crippen LogP contribution is -2.29. The summed E-state index contributed by atoms with van der Waals surface area (Å²) in [6, 6.07) is 23.5. The summed E-state index contributed by atoms with van der Waals surface area (Å²) in [4.78, 5) is 27.5. The number of thioether (sulfide) groups is 1. The zero-order valence-electron chi connectivity index (χ0n) is 21.4. The van der Waals surface area contributed by atoms with Crippen LogP contribution in [0.5, 0.6) is 11.5 Å². The molecule has 196 valence electrons. The third-order valence-corrected chi connectivity index (χ3v) is 7.52. The molecule has 3 aromatic carbocycles. The van der Waals surface area contributed by atoms with E-state index in [9.17, 15) is 9.59 Å². The van der Waals surface area contributed by atoms with Gasteiger partial charge in [-0.15, -0.1) is 0 Å². The van der Waals surface area contributed by atoms with E-state index < -0.39 is 0 Å². The SMILES string of the molecule is COc1ccc(/C=C2\SC(=S)N(CCCCCC(=O)Nc3ccc(-c4ccccc4)cc3)C2=O)cc1OC. The van der Waals surface area contributed by atoms with Crippen molar-refractivity contribution in [3.8, 4) is 22.6 Å². The van der Waals surface area contributed by atoms with Crippen LogP contribution in [-0.2, 0) is 9.59 Å². The fourth-order valence-electron chi connectivity index (χ4n) is 4.12. The maximum atomic E-state index is 12.9. The average Bonchev–Trinajstić information content (AvgIpc) is 3.20. The molecule has 2 amide bonds. The second kappa shape index (κ2) is 13.3. The minimum absolute atomic E-state index is 0.0130. The number of amides is 2. The first-order valence-corrected chi connectivity index (χ1v) is 13.6. The van der Waals surface area contributed by atoms with Crippen molar-refractivity contribution in [1.29, 1.82) is 0 Å². The van der Waals surface area contributed by atoms with E-state index >= 15 is 0 Å². The lowest BCUT2D eigenvalue weighted by molar-refractivity contribution is -0.122. The Morgan fingerprint density at radius 3 is 2.34 bits per heavy atom. The molecule has 1 N–H and O–H groups in total. The molecule has 0 saturated carbocycles. The number of unbranched alkanes of at least 4 members (excludes halogenated alkanes) is 2. The number of carbonyl (C=O) groups is 2. The van der Waals surface area contributed by atoms with Gasteiger partial charge in [0.05, 0.1) is 19.1 Å². The predicted octanol–water partition coefficient (Wildman–Crippen LogP) is 6.77. The highest BCUT2D eigenvalue weighted by molar-refractivity contribution is 8.26. The molecule has 4 rings (SSSR count). The number of ether oxygens (including phenoxy) is 2. The minimum Gasteiger partial charge on any atom is -0.493 e. The van der Waals surface area contributed by atoms with Crippen molar-refractivity contribution in [2.45, 2.75) is 25.7 Å². The van der Waals surface area contributed by atoms with Crippen LogP contribution < -0.4 is 14.8 Å². The molecule has 0 aromatic heterocycles. The molecule has 1 aliphatic heterocycles. The Hall–Kier alpha value is -3.62. The standard InChI is InChI=1S/C30H30N2O4S2/c1-35-25-17-12-21(19-26(25)36-2)20-27-29(34)32(30(37)38-27)18-8-4-7-11-28(33)31-24-15-13-23(14-16-24)22-9-5-3-6-10-22/h3,5-6,9-10,12-17,19-20H,4,7-8,11,18H2,1-2H3,(H,31,33)/b27-20-. The van der Waals surface area contributed by atoms with E-state index in [-0.39, 0.29) is 11.8 Å². The summed E-state index contributed by atoms with van der Waals surface area (Å²) in [5, 5.41) is 2.96. The average molecular weight is 547 g/mol. The Labute approximate surface area is 233 Å². The van der Waals surface area contributed by atoms with Gasteiger partial charge in [0, 0.05) is 18.7 Å². The van der Waals surface area contributed by atoms with Gasteiger partial charge in [-0.05, 0) is 59.9 Å². The number of hydrogen-bond acceptors (Lipinski definition) is 6. The molecule has 38 heavy (non-hydrogen) atoms. The molecule has 1 aliphatic rings. The Balaban J connectivity index is 1.20. The monoisotopic (exact) mass is 546 g/mol. The maximum Gasteiger partial charge on any atom is 0.266 e. The van der Waals surface area contributed by atoms with Gasteiger partial charge >= 0.3 is 0 Å². The van der Waals surface area contributed by atoms with Gasteiger partial charge in [-0.25, -0.2) is 0 Å². The van der Waals surface area contributed by atoms with Crippen LogP contribution in [0.1, 0.15) is 31.2 Å². The Kier molecular flexibility index (Phi) is 9.56. The first-order chi connectivity index (χ1) is 18.5. The minimum atomic E-state index is -0.0912. The van der Waals surface area contributed by atoms with E-state index in [1.165, 1.54) is 11.8 Å². The Bertz CT molecular complexity index is 1320. The van der Waals surface area contributed by atoms with Gasteiger partial charge in [-0.1, -0.05) is 78.9 Å². The number of hydrogen-bond donors (Lipinski definition) is 1. The van der Waals surface area contributed by atoms with Crippen LogP contribution in [-0.4, -0.2) is 41.8 Å². The van der Waals surface area contributed by atoms with E-state index in [1.54, 1.807) is 25.2 Å². The molecule has 1 heterocycles. The molecule has 8 heteroatoms. The van der Waals surface area contributed by atoms with E-state index in [2.05, 4.69) is 17.4 Å². The van der Waals surface area contributed by atoms with Crippen LogP contribution >= 0.6 is 24.0 Å². The number of rotatable bonds is 11. The number of nitrogens with one attached hydrogen (secondary N) is 1. The molecule has 0 aliphatic carbocycles. The van der Waals surface area contributed by atoms with Crippen molar-refractivity contribution in [3.05, 3.63) is 83.3 Å². The molecular weight excluding hydrogens is 516 g/mol.